The van der Waals surface area contributed by atoms with Gasteiger partial charge in [0, 0.05) is 6.04 Å². The number of hydrogen-bond acceptors (Lipinski definition) is 2. The molecule has 0 aliphatic heterocycles. The largest absolute Gasteiger partial charge is 0.301 e. The average Bonchev–Trinajstić information content (AvgIpc) is 2.09. The summed E-state index contributed by atoms with van der Waals surface area (Å²) in [6, 6.07) is 0.558. The van der Waals surface area contributed by atoms with Gasteiger partial charge >= 0.3 is 0 Å². The normalized spacial score (nSPS) is 33.6. The first kappa shape index (κ1) is 12.0. The highest BCUT2D eigenvalue weighted by molar-refractivity contribution is 4.80. The lowest BCUT2D eigenvalue weighted by atomic mass is 9.79. The molecule has 84 valence electrons. The Hall–Kier alpha value is -0.0800. The van der Waals surface area contributed by atoms with Gasteiger partial charge in [0.15, 0.2) is 0 Å². The zero-order chi connectivity index (χ0) is 10.6. The molecule has 1 rings (SSSR count). The Balaban J connectivity index is 2.26. The Morgan fingerprint density at radius 3 is 2.29 bits per heavy atom. The lowest BCUT2D eigenvalue weighted by Gasteiger charge is -2.34. The molecular weight excluding hydrogens is 174 g/mol. The molecule has 0 aromatic heterocycles. The maximum Gasteiger partial charge on any atom is 0.0705 e. The fraction of sp³-hybridized carbons (Fsp3) is 1.00. The van der Waals surface area contributed by atoms with Crippen LogP contribution in [0.2, 0.25) is 0 Å². The van der Waals surface area contributed by atoms with Gasteiger partial charge in [0.1, 0.15) is 0 Å². The van der Waals surface area contributed by atoms with Gasteiger partial charge in [-0.25, -0.2) is 0 Å². The number of rotatable bonds is 4. The predicted octanol–water partition coefficient (Wildman–Crippen LogP) is 2.99. The number of hydroxylamine groups is 1. The molecule has 0 bridgehead atoms. The monoisotopic (exact) mass is 199 g/mol. The van der Waals surface area contributed by atoms with E-state index in [1.807, 2.05) is 0 Å². The number of nitrogens with one attached hydrogen (secondary N) is 1. The van der Waals surface area contributed by atoms with Gasteiger partial charge < -0.3 is 4.84 Å². The minimum absolute atomic E-state index is 0.558. The highest BCUT2D eigenvalue weighted by Crippen LogP contribution is 2.28. The van der Waals surface area contributed by atoms with Crippen LogP contribution in [0.1, 0.15) is 47.0 Å². The summed E-state index contributed by atoms with van der Waals surface area (Å²) in [4.78, 5) is 5.53. The molecule has 1 saturated carbocycles. The summed E-state index contributed by atoms with van der Waals surface area (Å²) < 4.78 is 0. The maximum absolute atomic E-state index is 5.53. The lowest BCUT2D eigenvalue weighted by Crippen LogP contribution is -2.43. The topological polar surface area (TPSA) is 21.3 Å². The summed E-state index contributed by atoms with van der Waals surface area (Å²) in [6.45, 7) is 9.82. The van der Waals surface area contributed by atoms with Crippen molar-refractivity contribution in [2.24, 2.45) is 17.8 Å². The summed E-state index contributed by atoms with van der Waals surface area (Å²) in [6.07, 6.45) is 4.06. The molecule has 0 radical (unpaired) electrons. The molecule has 0 spiro atoms. The zero-order valence-electron chi connectivity index (χ0n) is 10.0. The SMILES string of the molecule is CC(C)CONC1C(C)CCCC1C. The smallest absolute Gasteiger partial charge is 0.0705 e. The van der Waals surface area contributed by atoms with Crippen molar-refractivity contribution in [3.8, 4) is 0 Å². The van der Waals surface area contributed by atoms with E-state index in [0.717, 1.165) is 18.4 Å². The van der Waals surface area contributed by atoms with Crippen molar-refractivity contribution in [1.82, 2.24) is 5.48 Å². The summed E-state index contributed by atoms with van der Waals surface area (Å²) in [5.41, 5.74) is 3.25. The minimum atomic E-state index is 0.558. The minimum Gasteiger partial charge on any atom is -0.301 e. The van der Waals surface area contributed by atoms with E-state index in [1.165, 1.54) is 19.3 Å². The summed E-state index contributed by atoms with van der Waals surface area (Å²) >= 11 is 0. The van der Waals surface area contributed by atoms with Gasteiger partial charge in [-0.1, -0.05) is 34.1 Å². The molecule has 2 atom stereocenters. The van der Waals surface area contributed by atoms with Crippen LogP contribution in [-0.2, 0) is 4.84 Å². The maximum atomic E-state index is 5.53. The Kier molecular flexibility index (Phi) is 4.90. The van der Waals surface area contributed by atoms with E-state index in [2.05, 4.69) is 33.2 Å². The summed E-state index contributed by atoms with van der Waals surface area (Å²) in [5.74, 6) is 2.12. The first-order valence-electron chi connectivity index (χ1n) is 5.98. The molecule has 2 heteroatoms. The zero-order valence-corrected chi connectivity index (χ0v) is 10.0. The molecule has 0 heterocycles. The molecule has 2 nitrogen and oxygen atoms in total. The van der Waals surface area contributed by atoms with Gasteiger partial charge in [0.05, 0.1) is 6.61 Å². The van der Waals surface area contributed by atoms with Crippen molar-refractivity contribution in [3.63, 3.8) is 0 Å². The van der Waals surface area contributed by atoms with E-state index in [0.29, 0.717) is 12.0 Å². The first-order chi connectivity index (χ1) is 6.61. The van der Waals surface area contributed by atoms with Crippen LogP contribution in [0.4, 0.5) is 0 Å². The second-order valence-electron chi connectivity index (χ2n) is 5.23. The van der Waals surface area contributed by atoms with Crippen LogP contribution in [0.3, 0.4) is 0 Å². The van der Waals surface area contributed by atoms with Crippen LogP contribution >= 0.6 is 0 Å². The molecule has 14 heavy (non-hydrogen) atoms. The van der Waals surface area contributed by atoms with Crippen LogP contribution in [0.15, 0.2) is 0 Å². The van der Waals surface area contributed by atoms with Crippen molar-refractivity contribution in [1.29, 1.82) is 0 Å². The van der Waals surface area contributed by atoms with Crippen LogP contribution in [-0.4, -0.2) is 12.6 Å². The fourth-order valence-electron chi connectivity index (χ4n) is 2.23. The fourth-order valence-corrected chi connectivity index (χ4v) is 2.23. The molecule has 1 aliphatic rings. The highest BCUT2D eigenvalue weighted by Gasteiger charge is 2.27. The van der Waals surface area contributed by atoms with E-state index < -0.39 is 0 Å². The third kappa shape index (κ3) is 3.58. The van der Waals surface area contributed by atoms with Crippen molar-refractivity contribution >= 4 is 0 Å². The third-order valence-corrected chi connectivity index (χ3v) is 3.18. The molecule has 1 N–H and O–H groups in total. The Morgan fingerprint density at radius 1 is 1.21 bits per heavy atom. The van der Waals surface area contributed by atoms with E-state index in [-0.39, 0.29) is 0 Å². The standard InChI is InChI=1S/C12H25NO/c1-9(2)8-14-13-12-10(3)6-5-7-11(12)4/h9-13H,5-8H2,1-4H3. The average molecular weight is 199 g/mol. The Morgan fingerprint density at radius 2 is 1.79 bits per heavy atom. The molecule has 0 saturated heterocycles. The molecule has 1 aliphatic carbocycles. The summed E-state index contributed by atoms with van der Waals surface area (Å²) in [5, 5.41) is 0. The van der Waals surface area contributed by atoms with E-state index in [4.69, 9.17) is 4.84 Å². The second kappa shape index (κ2) is 5.72. The molecule has 0 aromatic carbocycles. The van der Waals surface area contributed by atoms with Crippen LogP contribution in [0.5, 0.6) is 0 Å². The summed E-state index contributed by atoms with van der Waals surface area (Å²) in [7, 11) is 0. The van der Waals surface area contributed by atoms with Gasteiger partial charge in [-0.2, -0.15) is 5.48 Å². The van der Waals surface area contributed by atoms with Gasteiger partial charge in [0.25, 0.3) is 0 Å². The second-order valence-corrected chi connectivity index (χ2v) is 5.23. The van der Waals surface area contributed by atoms with Gasteiger partial charge in [-0.05, 0) is 30.6 Å². The van der Waals surface area contributed by atoms with Crippen molar-refractivity contribution in [3.05, 3.63) is 0 Å². The van der Waals surface area contributed by atoms with Crippen molar-refractivity contribution in [2.75, 3.05) is 6.61 Å². The van der Waals surface area contributed by atoms with Gasteiger partial charge in [-0.3, -0.25) is 0 Å². The van der Waals surface area contributed by atoms with Crippen molar-refractivity contribution in [2.45, 2.75) is 53.0 Å². The van der Waals surface area contributed by atoms with Crippen LogP contribution < -0.4 is 5.48 Å². The van der Waals surface area contributed by atoms with E-state index in [9.17, 15) is 0 Å². The van der Waals surface area contributed by atoms with E-state index in [1.54, 1.807) is 0 Å². The molecular formula is C12H25NO. The Labute approximate surface area is 88.4 Å². The molecule has 2 unspecified atom stereocenters. The first-order valence-corrected chi connectivity index (χ1v) is 5.98. The van der Waals surface area contributed by atoms with Crippen LogP contribution in [0, 0.1) is 17.8 Å². The molecule has 0 aromatic rings. The highest BCUT2D eigenvalue weighted by atomic mass is 16.6. The number of hydrogen-bond donors (Lipinski definition) is 1. The van der Waals surface area contributed by atoms with Crippen molar-refractivity contribution < 1.29 is 4.84 Å². The van der Waals surface area contributed by atoms with Crippen LogP contribution in [0.25, 0.3) is 0 Å². The van der Waals surface area contributed by atoms with Gasteiger partial charge in [0.2, 0.25) is 0 Å². The predicted molar refractivity (Wildman–Crippen MR) is 59.9 cm³/mol. The molecule has 0 amide bonds. The Bertz CT molecular complexity index is 148. The lowest BCUT2D eigenvalue weighted by molar-refractivity contribution is -0.0331. The molecule has 1 fully saturated rings. The quantitative estimate of drug-likeness (QED) is 0.703. The van der Waals surface area contributed by atoms with E-state index >= 15 is 0 Å². The van der Waals surface area contributed by atoms with Gasteiger partial charge in [-0.15, -0.1) is 0 Å². The third-order valence-electron chi connectivity index (χ3n) is 3.18.